The minimum absolute atomic E-state index is 1.21. The van der Waals surface area contributed by atoms with Gasteiger partial charge in [0.25, 0.3) is 0 Å². The van der Waals surface area contributed by atoms with Gasteiger partial charge in [-0.3, -0.25) is 0 Å². The molecule has 0 heterocycles. The third kappa shape index (κ3) is 3.44. The lowest BCUT2D eigenvalue weighted by Crippen LogP contribution is -1.67. The topological polar surface area (TPSA) is 0 Å². The predicted octanol–water partition coefficient (Wildman–Crippen LogP) is 6.83. The highest BCUT2D eigenvalue weighted by atomic mass is 13.9. The molecule has 0 aromatic heterocycles. The van der Waals surface area contributed by atoms with Crippen LogP contribution in [0.3, 0.4) is 0 Å². The standard InChI is InChI=1S/C24H18/c1-2-20-4-3-19(1)13-14-21-5-7-23(8-6-21)17-18-24-11-9-22(10-12-24)16-15-20/h1-18H. The maximum absolute atomic E-state index is 2.15. The van der Waals surface area contributed by atoms with Gasteiger partial charge in [0.15, 0.2) is 0 Å². The summed E-state index contributed by atoms with van der Waals surface area (Å²) in [6.07, 6.45) is 0. The van der Waals surface area contributed by atoms with Gasteiger partial charge >= 0.3 is 0 Å². The molecule has 9 rings (SSSR count). The molecule has 0 nitrogen and oxygen atoms in total. The molecule has 0 saturated carbocycles. The van der Waals surface area contributed by atoms with Gasteiger partial charge in [0.1, 0.15) is 0 Å². The molecule has 0 aliphatic rings. The van der Waals surface area contributed by atoms with Gasteiger partial charge in [-0.25, -0.2) is 0 Å². The van der Waals surface area contributed by atoms with E-state index in [1.54, 1.807) is 0 Å². The summed E-state index contributed by atoms with van der Waals surface area (Å²) in [6.45, 7) is 0. The molecule has 0 aliphatic carbocycles. The van der Waals surface area contributed by atoms with Crippen LogP contribution >= 0.6 is 0 Å². The molecule has 0 amide bonds. The SMILES string of the molecule is c1cc2ccc1ccc1ccc(cc1)ccc1ccc(cc1)cc2. The second kappa shape index (κ2) is 6.55. The second-order valence-corrected chi connectivity index (χ2v) is 6.00. The molecular weight excluding hydrogens is 288 g/mol. The average Bonchev–Trinajstić information content (AvgIpc) is 2.65. The summed E-state index contributed by atoms with van der Waals surface area (Å²) in [5.74, 6) is 0. The van der Waals surface area contributed by atoms with E-state index in [0.29, 0.717) is 0 Å². The van der Waals surface area contributed by atoms with Crippen molar-refractivity contribution in [2.75, 3.05) is 0 Å². The summed E-state index contributed by atoms with van der Waals surface area (Å²) in [5.41, 5.74) is 0. The van der Waals surface area contributed by atoms with Crippen molar-refractivity contribution in [2.45, 2.75) is 0 Å². The molecule has 0 saturated heterocycles. The Labute approximate surface area is 142 Å². The maximum Gasteiger partial charge on any atom is -0.0256 e. The first kappa shape index (κ1) is 14.5. The molecule has 114 valence electrons. The van der Waals surface area contributed by atoms with Crippen LogP contribution in [0.2, 0.25) is 0 Å². The lowest BCUT2D eigenvalue weighted by atomic mass is 10.1. The molecule has 0 radical (unpaired) electrons. The van der Waals surface area contributed by atoms with E-state index in [0.717, 1.165) is 0 Å². The largest absolute Gasteiger partial charge is 0.0544 e. The van der Waals surface area contributed by atoms with Crippen molar-refractivity contribution in [1.82, 2.24) is 0 Å². The minimum Gasteiger partial charge on any atom is -0.0544 e. The summed E-state index contributed by atoms with van der Waals surface area (Å²) in [5, 5.41) is 7.26. The molecule has 0 N–H and O–H groups in total. The van der Waals surface area contributed by atoms with Crippen LogP contribution in [0.15, 0.2) is 109 Å². The highest BCUT2D eigenvalue weighted by molar-refractivity contribution is 5.69. The molecule has 0 atom stereocenters. The Morgan fingerprint density at radius 2 is 0.250 bits per heavy atom. The van der Waals surface area contributed by atoms with Gasteiger partial charge in [0.2, 0.25) is 0 Å². The number of hydrogen-bond donors (Lipinski definition) is 0. The molecule has 0 aliphatic heterocycles. The fraction of sp³-hybridized carbons (Fsp3) is 0. The van der Waals surface area contributed by atoms with E-state index in [1.807, 2.05) is 0 Å². The Morgan fingerprint density at radius 1 is 0.167 bits per heavy atom. The van der Waals surface area contributed by atoms with Crippen LogP contribution in [0.25, 0.3) is 32.3 Å². The zero-order valence-corrected chi connectivity index (χ0v) is 13.4. The van der Waals surface area contributed by atoms with Gasteiger partial charge < -0.3 is 0 Å². The number of rotatable bonds is 0. The molecule has 9 aromatic rings. The van der Waals surface area contributed by atoms with Crippen LogP contribution in [-0.4, -0.2) is 0 Å². The molecule has 0 fully saturated rings. The molecule has 0 heteroatoms. The first-order valence-electron chi connectivity index (χ1n) is 8.20. The van der Waals surface area contributed by atoms with Crippen molar-refractivity contribution >= 4 is 32.3 Å². The van der Waals surface area contributed by atoms with Gasteiger partial charge in [-0.2, -0.15) is 0 Å². The first-order chi connectivity index (χ1) is 11.8. The van der Waals surface area contributed by atoms with E-state index in [1.165, 1.54) is 32.3 Å². The summed E-state index contributed by atoms with van der Waals surface area (Å²) >= 11 is 0. The molecule has 24 heavy (non-hydrogen) atoms. The molecule has 0 unspecified atom stereocenters. The van der Waals surface area contributed by atoms with Crippen LogP contribution in [0.1, 0.15) is 0 Å². The van der Waals surface area contributed by atoms with E-state index in [9.17, 15) is 0 Å². The number of hydrogen-bond acceptors (Lipinski definition) is 0. The highest BCUT2D eigenvalue weighted by Gasteiger charge is 1.86. The fourth-order valence-corrected chi connectivity index (χ4v) is 2.73. The smallest absolute Gasteiger partial charge is 0.0256 e. The van der Waals surface area contributed by atoms with Gasteiger partial charge in [-0.15, -0.1) is 0 Å². The predicted molar refractivity (Wildman–Crippen MR) is 105 cm³/mol. The average molecular weight is 306 g/mol. The Hall–Kier alpha value is -3.12. The molecule has 0 spiro atoms. The Kier molecular flexibility index (Phi) is 3.95. The zero-order chi connectivity index (χ0) is 16.2. The molecule has 6 bridgehead atoms. The van der Waals surface area contributed by atoms with Gasteiger partial charge in [0, 0.05) is 0 Å². The lowest BCUT2D eigenvalue weighted by Gasteiger charge is -1.92. The second-order valence-electron chi connectivity index (χ2n) is 6.00. The molecular formula is C24H18. The van der Waals surface area contributed by atoms with Crippen LogP contribution in [-0.2, 0) is 0 Å². The highest BCUT2D eigenvalue weighted by Crippen LogP contribution is 2.11. The van der Waals surface area contributed by atoms with Crippen molar-refractivity contribution in [3.05, 3.63) is 109 Å². The summed E-state index contributed by atoms with van der Waals surface area (Å²) < 4.78 is 0. The third-order valence-electron chi connectivity index (χ3n) is 4.21. The third-order valence-corrected chi connectivity index (χ3v) is 4.21. The van der Waals surface area contributed by atoms with Crippen LogP contribution in [0.4, 0.5) is 0 Å². The molecule has 9 aromatic carbocycles. The quantitative estimate of drug-likeness (QED) is 0.334. The van der Waals surface area contributed by atoms with Crippen molar-refractivity contribution in [3.63, 3.8) is 0 Å². The summed E-state index contributed by atoms with van der Waals surface area (Å²) in [7, 11) is 0. The first-order valence-corrected chi connectivity index (χ1v) is 8.20. The Morgan fingerprint density at radius 3 is 0.333 bits per heavy atom. The monoisotopic (exact) mass is 306 g/mol. The van der Waals surface area contributed by atoms with Crippen molar-refractivity contribution in [3.8, 4) is 0 Å². The number of benzene rings is 3. The van der Waals surface area contributed by atoms with Crippen LogP contribution < -0.4 is 0 Å². The van der Waals surface area contributed by atoms with Crippen molar-refractivity contribution in [1.29, 1.82) is 0 Å². The normalized spacial score (nSPS) is 10.5. The van der Waals surface area contributed by atoms with Crippen LogP contribution in [0.5, 0.6) is 0 Å². The van der Waals surface area contributed by atoms with Gasteiger partial charge in [-0.1, -0.05) is 109 Å². The Bertz CT molecular complexity index is 813. The Balaban J connectivity index is 2.00. The van der Waals surface area contributed by atoms with Crippen LogP contribution in [0, 0.1) is 0 Å². The summed E-state index contributed by atoms with van der Waals surface area (Å²) in [4.78, 5) is 0. The zero-order valence-electron chi connectivity index (χ0n) is 13.4. The van der Waals surface area contributed by atoms with Crippen molar-refractivity contribution in [2.24, 2.45) is 0 Å². The van der Waals surface area contributed by atoms with E-state index >= 15 is 0 Å². The fourth-order valence-electron chi connectivity index (χ4n) is 2.73. The van der Waals surface area contributed by atoms with E-state index in [2.05, 4.69) is 109 Å². The van der Waals surface area contributed by atoms with Crippen molar-refractivity contribution < 1.29 is 0 Å². The van der Waals surface area contributed by atoms with E-state index in [4.69, 9.17) is 0 Å². The van der Waals surface area contributed by atoms with Gasteiger partial charge in [0.05, 0.1) is 0 Å². The summed E-state index contributed by atoms with van der Waals surface area (Å²) in [6, 6.07) is 38.7. The lowest BCUT2D eigenvalue weighted by molar-refractivity contribution is 1.76. The van der Waals surface area contributed by atoms with Gasteiger partial charge in [-0.05, 0) is 32.3 Å². The van der Waals surface area contributed by atoms with E-state index < -0.39 is 0 Å². The minimum atomic E-state index is 1.21. The maximum atomic E-state index is 2.15. The van der Waals surface area contributed by atoms with E-state index in [-0.39, 0.29) is 0 Å².